The topological polar surface area (TPSA) is 348 Å². The molecule has 4 aromatic carbocycles. The molecule has 32 heteroatoms. The van der Waals surface area contributed by atoms with E-state index in [9.17, 15) is 19.5 Å². The van der Waals surface area contributed by atoms with Crippen LogP contribution in [0.15, 0.2) is 271 Å². The molecule has 2 unspecified atom stereocenters. The number of carbonyl (C=O) groups excluding carboxylic acids is 3. The fourth-order valence-corrected chi connectivity index (χ4v) is 21.5. The van der Waals surface area contributed by atoms with Gasteiger partial charge in [-0.1, -0.05) is 152 Å². The summed E-state index contributed by atoms with van der Waals surface area (Å²) in [6.45, 7) is 14.0. The molecular weight excluding hydrogens is 1820 g/mol. The number of Topliss-reactive ketones (excluding diaryl/α,β-unsaturated/α-hetero) is 1. The standard InChI is InChI=1S/2C23H21N5OS.C22H18N4OS.C22H22N4OS.C16H18N4OS/c1-16(29)27-11-13-28(14-12-27)22-20-18(17-7-3-2-4-8-17)15-30-23(20)26-21(25-22)19-9-5-6-10-24-19;24-20(29)16-9-12-28(13-10-16)22-19-17(15-6-2-1-3-7-15)14-30-23(19)27-21(26-22)18-8-4-5-11-25-18;27-16-9-12-26(13-10-16)21-19-17(15-6-2-1-3-7-15)14-28-22(19)25-20(24-21)18-8-4-5-11-23-18;1-14(11-13-27)24-21-19-18(16-8-4-3-5-9-16)15(2)28-22(19)26-20(25-21)17-10-6-7-12-23-17;1-11(5-4-9-21)18-14-12-7-10-22-16(12)20-15(19-14)13-6-2-3-8-17-13/h2-10,15H,11-14H2,1H3;1-8,11,14,16H,9-10,12-13H2,(H2,24,29);1-8,11,14H,9-10,12-13H2;3-10,12,14,27H,11,13H2,1-2H3,(H,24,25,26);2-3,6-8,10-11,21H,4-5,9H2,1H3,(H,18,19,20). The summed E-state index contributed by atoms with van der Waals surface area (Å²) in [6, 6.07) is 72.4. The summed E-state index contributed by atoms with van der Waals surface area (Å²) in [5.41, 5.74) is 18.5. The van der Waals surface area contributed by atoms with Crippen LogP contribution in [-0.4, -0.2) is 185 Å². The summed E-state index contributed by atoms with van der Waals surface area (Å²) < 4.78 is 0. The Morgan fingerprint density at radius 1 is 0.406 bits per heavy atom. The van der Waals surface area contributed by atoms with Crippen molar-refractivity contribution in [1.29, 1.82) is 0 Å². The first-order chi connectivity index (χ1) is 67.6. The van der Waals surface area contributed by atoms with Crippen molar-refractivity contribution in [2.75, 3.05) is 90.9 Å². The highest BCUT2D eigenvalue weighted by atomic mass is 32.1. The first kappa shape index (κ1) is 93.7. The number of benzene rings is 4. The number of thiophene rings is 5. The van der Waals surface area contributed by atoms with E-state index in [-0.39, 0.29) is 43.0 Å². The number of nitrogens with two attached hydrogens (primary N) is 1. The number of aryl methyl sites for hydroxylation is 1. The normalized spacial score (nSPS) is 13.8. The van der Waals surface area contributed by atoms with Crippen LogP contribution in [0.4, 0.5) is 29.1 Å². The van der Waals surface area contributed by atoms with Crippen LogP contribution in [0, 0.1) is 12.8 Å². The van der Waals surface area contributed by atoms with Crippen molar-refractivity contribution in [2.24, 2.45) is 11.7 Å². The van der Waals surface area contributed by atoms with E-state index in [1.54, 1.807) is 94.6 Å². The average Bonchev–Trinajstić information content (AvgIpc) is 1.59. The zero-order valence-electron chi connectivity index (χ0n) is 76.5. The molecule has 18 heterocycles. The minimum absolute atomic E-state index is 0.0649. The molecule has 2 atom stereocenters. The van der Waals surface area contributed by atoms with Gasteiger partial charge in [0, 0.05) is 178 Å². The van der Waals surface area contributed by atoms with Gasteiger partial charge >= 0.3 is 0 Å². The summed E-state index contributed by atoms with van der Waals surface area (Å²) in [4.78, 5) is 120. The van der Waals surface area contributed by atoms with Crippen LogP contribution >= 0.6 is 56.7 Å². The lowest BCUT2D eigenvalue weighted by molar-refractivity contribution is -0.129. The van der Waals surface area contributed by atoms with Crippen LogP contribution < -0.4 is 31.1 Å². The van der Waals surface area contributed by atoms with E-state index in [0.29, 0.717) is 80.3 Å². The predicted molar refractivity (Wildman–Crippen MR) is 559 cm³/mol. The van der Waals surface area contributed by atoms with Crippen molar-refractivity contribution in [3.05, 3.63) is 276 Å². The molecule has 0 bridgehead atoms. The van der Waals surface area contributed by atoms with Crippen LogP contribution in [0.1, 0.15) is 70.6 Å². The van der Waals surface area contributed by atoms with Crippen molar-refractivity contribution in [3.8, 4) is 102 Å². The van der Waals surface area contributed by atoms with Crippen LogP contribution in [0.2, 0.25) is 0 Å². The Bertz CT molecular complexity index is 7150. The second kappa shape index (κ2) is 44.4. The smallest absolute Gasteiger partial charge is 0.220 e. The van der Waals surface area contributed by atoms with Gasteiger partial charge in [0.05, 0.1) is 26.9 Å². The van der Waals surface area contributed by atoms with Gasteiger partial charge in [0.25, 0.3) is 0 Å². The highest BCUT2D eigenvalue weighted by Gasteiger charge is 2.31. The SMILES string of the molecule is CC(=O)N1CCN(c2nc(-c3ccccn3)nc3scc(-c4ccccc4)c23)CC1.CC(CCCO)Nc1nc(-c2ccccn2)nc2sccc12.Cc1sc2nc(-c3ccccn3)nc(NC(C)CCO)c2c1-c1ccccc1.NC(=O)C1CCN(c2nc(-c3ccccn3)nc3scc(-c4ccccc4)c23)CC1.O=C1CCN(c2nc(-c3ccccn3)nc3scc(-c4ccccc4)c23)CC1. The number of aliphatic hydroxyl groups is 2. The first-order valence-electron chi connectivity index (χ1n) is 45.9. The zero-order chi connectivity index (χ0) is 94.8. The van der Waals surface area contributed by atoms with Crippen LogP contribution in [-0.2, 0) is 14.4 Å². The van der Waals surface area contributed by atoms with Gasteiger partial charge in [0.1, 0.15) is 87.5 Å². The predicted octanol–water partition coefficient (Wildman–Crippen LogP) is 21.0. The van der Waals surface area contributed by atoms with Crippen molar-refractivity contribution < 1.29 is 24.6 Å². The molecule has 0 saturated carbocycles. The monoisotopic (exact) mass is 1920 g/mol. The number of carbonyl (C=O) groups is 3. The maximum atomic E-state index is 11.8. The molecule has 0 aliphatic carbocycles. The number of amides is 2. The second-order valence-electron chi connectivity index (χ2n) is 33.4. The van der Waals surface area contributed by atoms with E-state index in [1.165, 1.54) is 4.88 Å². The lowest BCUT2D eigenvalue weighted by Gasteiger charge is -2.35. The second-order valence-corrected chi connectivity index (χ2v) is 38.1. The van der Waals surface area contributed by atoms with Gasteiger partial charge < -0.3 is 46.2 Å². The van der Waals surface area contributed by atoms with Crippen LogP contribution in [0.25, 0.3) is 153 Å². The highest BCUT2D eigenvalue weighted by Crippen LogP contribution is 2.46. The fraction of sp³-hybridized carbons (Fsp3) is 0.226. The number of nitrogens with one attached hydrogen (secondary N) is 2. The molecule has 6 N–H and O–H groups in total. The Balaban J connectivity index is 0.000000115. The number of rotatable bonds is 22. The third-order valence-corrected chi connectivity index (χ3v) is 28.5. The third-order valence-electron chi connectivity index (χ3n) is 24.0. The Morgan fingerprint density at radius 2 is 0.775 bits per heavy atom. The van der Waals surface area contributed by atoms with E-state index in [4.69, 9.17) is 50.7 Å². The molecule has 0 radical (unpaired) electrons. The molecule has 3 saturated heterocycles. The number of fused-ring (bicyclic) bond motifs is 5. The van der Waals surface area contributed by atoms with E-state index < -0.39 is 0 Å². The van der Waals surface area contributed by atoms with Gasteiger partial charge in [-0.25, -0.2) is 49.8 Å². The average molecular weight is 1920 g/mol. The van der Waals surface area contributed by atoms with Crippen molar-refractivity contribution in [1.82, 2.24) is 79.7 Å². The highest BCUT2D eigenvalue weighted by molar-refractivity contribution is 7.19. The number of anilines is 5. The molecule has 0 spiro atoms. The molecular formula is C106H100N22O5S5. The van der Waals surface area contributed by atoms with Crippen LogP contribution in [0.3, 0.4) is 0 Å². The number of aliphatic hydroxyl groups excluding tert-OH is 2. The molecule has 19 aromatic rings. The summed E-state index contributed by atoms with van der Waals surface area (Å²) in [5.74, 6) is 7.63. The van der Waals surface area contributed by atoms with E-state index in [0.717, 1.165) is 205 Å². The van der Waals surface area contributed by atoms with Gasteiger partial charge in [-0.05, 0) is 147 Å². The Labute approximate surface area is 817 Å². The summed E-state index contributed by atoms with van der Waals surface area (Å²) in [7, 11) is 0. The maximum Gasteiger partial charge on any atom is 0.220 e. The number of pyridine rings is 5. The molecule has 27 nitrogen and oxygen atoms in total. The number of hydrogen-bond donors (Lipinski definition) is 5. The molecule has 3 aliphatic rings. The van der Waals surface area contributed by atoms with Gasteiger partial charge in [-0.3, -0.25) is 39.3 Å². The fourth-order valence-electron chi connectivity index (χ4n) is 16.9. The van der Waals surface area contributed by atoms with Gasteiger partial charge in [0.2, 0.25) is 11.8 Å². The lowest BCUT2D eigenvalue weighted by Crippen LogP contribution is -2.48. The minimum Gasteiger partial charge on any atom is -0.396 e. The third kappa shape index (κ3) is 21.9. The molecule has 15 aromatic heterocycles. The van der Waals surface area contributed by atoms with Gasteiger partial charge in [-0.15, -0.1) is 56.7 Å². The zero-order valence-corrected chi connectivity index (χ0v) is 80.6. The van der Waals surface area contributed by atoms with Crippen molar-refractivity contribution >= 4 is 154 Å². The first-order valence-corrected chi connectivity index (χ1v) is 50.3. The number of hydrogen-bond acceptors (Lipinski definition) is 30. The molecule has 2 amide bonds. The summed E-state index contributed by atoms with van der Waals surface area (Å²) >= 11 is 8.14. The Kier molecular flexibility index (Phi) is 30.2. The van der Waals surface area contributed by atoms with Crippen molar-refractivity contribution in [2.45, 2.75) is 84.7 Å². The Hall–Kier alpha value is -14.6. The molecule has 138 heavy (non-hydrogen) atoms. The van der Waals surface area contributed by atoms with E-state index in [2.05, 4.69) is 139 Å². The Morgan fingerprint density at radius 3 is 1.17 bits per heavy atom. The number of piperazine rings is 1. The van der Waals surface area contributed by atoms with E-state index in [1.807, 2.05) is 187 Å². The van der Waals surface area contributed by atoms with Crippen molar-refractivity contribution in [3.63, 3.8) is 0 Å². The maximum absolute atomic E-state index is 11.8. The number of ketones is 1. The molecule has 694 valence electrons. The molecule has 3 aliphatic heterocycles. The summed E-state index contributed by atoms with van der Waals surface area (Å²) in [6.07, 6.45) is 13.7. The lowest BCUT2D eigenvalue weighted by atomic mass is 9.96. The van der Waals surface area contributed by atoms with Gasteiger partial charge in [0.15, 0.2) is 29.1 Å². The molecule has 22 rings (SSSR count). The number of aromatic nitrogens is 15. The number of nitrogens with zero attached hydrogens (tertiary/aromatic N) is 19. The summed E-state index contributed by atoms with van der Waals surface area (Å²) in [5, 5.41) is 38.9. The number of piperidine rings is 2. The van der Waals surface area contributed by atoms with Crippen LogP contribution in [0.5, 0.6) is 0 Å². The largest absolute Gasteiger partial charge is 0.396 e. The quantitative estimate of drug-likeness (QED) is 0.0421. The number of primary amides is 1. The van der Waals surface area contributed by atoms with E-state index >= 15 is 0 Å². The minimum atomic E-state index is -0.211. The molecule has 3 fully saturated rings. The van der Waals surface area contributed by atoms with Gasteiger partial charge in [-0.2, -0.15) is 0 Å².